The number of methoxy groups -OCH3 is 1. The summed E-state index contributed by atoms with van der Waals surface area (Å²) < 4.78 is 10.7. The van der Waals surface area contributed by atoms with Gasteiger partial charge in [0.05, 0.1) is 19.2 Å². The van der Waals surface area contributed by atoms with Gasteiger partial charge in [0.15, 0.2) is 0 Å². The number of rotatable bonds is 10. The Hall–Kier alpha value is -2.83. The maximum atomic E-state index is 12.0. The van der Waals surface area contributed by atoms with Gasteiger partial charge >= 0.3 is 0 Å². The first kappa shape index (κ1) is 19.5. The molecule has 0 aliphatic rings. The molecule has 0 saturated carbocycles. The zero-order valence-corrected chi connectivity index (χ0v) is 15.5. The first-order valence-electron chi connectivity index (χ1n) is 8.69. The molecule has 2 N–H and O–H groups in total. The van der Waals surface area contributed by atoms with Crippen LogP contribution < -0.4 is 20.1 Å². The van der Waals surface area contributed by atoms with Crippen LogP contribution in [0.25, 0.3) is 0 Å². The van der Waals surface area contributed by atoms with Crippen molar-refractivity contribution in [2.45, 2.75) is 20.3 Å². The summed E-state index contributed by atoms with van der Waals surface area (Å²) in [6.07, 6.45) is 3.98. The van der Waals surface area contributed by atoms with Crippen molar-refractivity contribution in [1.29, 1.82) is 0 Å². The highest BCUT2D eigenvalue weighted by atomic mass is 16.5. The number of anilines is 1. The molecule has 0 unspecified atom stereocenters. The van der Waals surface area contributed by atoms with Crippen molar-refractivity contribution >= 4 is 11.9 Å². The number of amides is 1. The van der Waals surface area contributed by atoms with Crippen LogP contribution in [0.5, 0.6) is 11.5 Å². The summed E-state index contributed by atoms with van der Waals surface area (Å²) in [6.45, 7) is 5.90. The summed E-state index contributed by atoms with van der Waals surface area (Å²) in [5.74, 6) is 2.42. The van der Waals surface area contributed by atoms with Crippen LogP contribution in [0.15, 0.2) is 36.7 Å². The van der Waals surface area contributed by atoms with E-state index in [1.807, 2.05) is 24.3 Å². The smallest absolute Gasteiger partial charge is 0.254 e. The predicted octanol–water partition coefficient (Wildman–Crippen LogP) is 2.75. The van der Waals surface area contributed by atoms with Crippen LogP contribution in [0.2, 0.25) is 0 Å². The summed E-state index contributed by atoms with van der Waals surface area (Å²) in [5, 5.41) is 5.92. The number of hydrogen-bond acceptors (Lipinski definition) is 6. The highest BCUT2D eigenvalue weighted by molar-refractivity contribution is 5.93. The summed E-state index contributed by atoms with van der Waals surface area (Å²) >= 11 is 0. The van der Waals surface area contributed by atoms with Crippen LogP contribution >= 0.6 is 0 Å². The number of nitrogens with zero attached hydrogens (tertiary/aromatic N) is 2. The fourth-order valence-electron chi connectivity index (χ4n) is 2.12. The van der Waals surface area contributed by atoms with E-state index in [-0.39, 0.29) is 5.91 Å². The highest BCUT2D eigenvalue weighted by Gasteiger charge is 2.07. The Labute approximate surface area is 154 Å². The molecule has 7 nitrogen and oxygen atoms in total. The second-order valence-electron chi connectivity index (χ2n) is 6.18. The maximum absolute atomic E-state index is 12.0. The fourth-order valence-corrected chi connectivity index (χ4v) is 2.12. The second kappa shape index (κ2) is 10.2. The molecule has 140 valence electrons. The Morgan fingerprint density at radius 1 is 1.08 bits per heavy atom. The van der Waals surface area contributed by atoms with E-state index < -0.39 is 0 Å². The van der Waals surface area contributed by atoms with Crippen molar-refractivity contribution in [1.82, 2.24) is 15.3 Å². The number of aromatic nitrogens is 2. The van der Waals surface area contributed by atoms with Gasteiger partial charge in [-0.25, -0.2) is 9.97 Å². The van der Waals surface area contributed by atoms with Gasteiger partial charge in [0.1, 0.15) is 18.1 Å². The van der Waals surface area contributed by atoms with Gasteiger partial charge in [-0.15, -0.1) is 0 Å². The lowest BCUT2D eigenvalue weighted by molar-refractivity contribution is 0.0951. The molecule has 1 amide bonds. The maximum Gasteiger partial charge on any atom is 0.254 e. The topological polar surface area (TPSA) is 85.4 Å². The lowest BCUT2D eigenvalue weighted by Crippen LogP contribution is -2.25. The van der Waals surface area contributed by atoms with E-state index in [1.54, 1.807) is 7.11 Å². The lowest BCUT2D eigenvalue weighted by atomic mass is 10.1. The third kappa shape index (κ3) is 6.58. The van der Waals surface area contributed by atoms with E-state index in [0.29, 0.717) is 37.1 Å². The van der Waals surface area contributed by atoms with Crippen molar-refractivity contribution in [3.8, 4) is 11.5 Å². The summed E-state index contributed by atoms with van der Waals surface area (Å²) in [7, 11) is 1.63. The average Bonchev–Trinajstić information content (AvgIpc) is 2.66. The molecule has 7 heteroatoms. The van der Waals surface area contributed by atoms with Crippen LogP contribution in [0, 0.1) is 5.92 Å². The number of carbonyl (C=O) groups is 1. The predicted molar refractivity (Wildman–Crippen MR) is 101 cm³/mol. The van der Waals surface area contributed by atoms with Crippen LogP contribution in [0.1, 0.15) is 30.6 Å². The molecule has 0 radical (unpaired) electrons. The van der Waals surface area contributed by atoms with Gasteiger partial charge in [-0.2, -0.15) is 0 Å². The molecular weight excluding hydrogens is 332 g/mol. The van der Waals surface area contributed by atoms with Gasteiger partial charge in [-0.1, -0.05) is 13.8 Å². The second-order valence-corrected chi connectivity index (χ2v) is 6.18. The van der Waals surface area contributed by atoms with Crippen LogP contribution in [-0.2, 0) is 0 Å². The van der Waals surface area contributed by atoms with E-state index in [1.165, 1.54) is 12.4 Å². The first-order chi connectivity index (χ1) is 12.6. The molecule has 0 spiro atoms. The standard InChI is InChI=1S/C19H26N4O3/c1-14(2)8-9-20-18(24)15-12-22-19(23-13-15)21-10-11-26-17-6-4-16(25-3)5-7-17/h4-7,12-14H,8-11H2,1-3H3,(H,20,24)(H,21,22,23). The van der Waals surface area contributed by atoms with Gasteiger partial charge in [0.25, 0.3) is 5.91 Å². The Kier molecular flexibility index (Phi) is 7.67. The van der Waals surface area contributed by atoms with Crippen LogP contribution in [0.3, 0.4) is 0 Å². The molecule has 0 aliphatic carbocycles. The van der Waals surface area contributed by atoms with Crippen molar-refractivity contribution in [2.24, 2.45) is 5.92 Å². The number of benzene rings is 1. The van der Waals surface area contributed by atoms with Crippen LogP contribution in [0.4, 0.5) is 5.95 Å². The largest absolute Gasteiger partial charge is 0.497 e. The third-order valence-corrected chi connectivity index (χ3v) is 3.63. The van der Waals surface area contributed by atoms with Crippen molar-refractivity contribution < 1.29 is 14.3 Å². The third-order valence-electron chi connectivity index (χ3n) is 3.63. The highest BCUT2D eigenvalue weighted by Crippen LogP contribution is 2.16. The van der Waals surface area contributed by atoms with Gasteiger partial charge < -0.3 is 20.1 Å². The molecule has 0 atom stereocenters. The Morgan fingerprint density at radius 3 is 2.35 bits per heavy atom. The minimum absolute atomic E-state index is 0.153. The van der Waals surface area contributed by atoms with E-state index >= 15 is 0 Å². The van der Waals surface area contributed by atoms with Crippen molar-refractivity contribution in [3.05, 3.63) is 42.2 Å². The molecule has 1 aromatic heterocycles. The van der Waals surface area contributed by atoms with E-state index in [2.05, 4.69) is 34.4 Å². The van der Waals surface area contributed by atoms with Gasteiger partial charge in [-0.05, 0) is 36.6 Å². The monoisotopic (exact) mass is 358 g/mol. The molecule has 0 saturated heterocycles. The Morgan fingerprint density at radius 2 is 1.73 bits per heavy atom. The summed E-state index contributed by atoms with van der Waals surface area (Å²) in [4.78, 5) is 20.3. The molecule has 2 rings (SSSR count). The Bertz CT molecular complexity index is 672. The van der Waals surface area contributed by atoms with Gasteiger partial charge in [0.2, 0.25) is 5.95 Å². The molecular formula is C19H26N4O3. The molecule has 26 heavy (non-hydrogen) atoms. The van der Waals surface area contributed by atoms with Gasteiger partial charge in [0, 0.05) is 18.9 Å². The number of hydrogen-bond donors (Lipinski definition) is 2. The van der Waals surface area contributed by atoms with Gasteiger partial charge in [-0.3, -0.25) is 4.79 Å². The van der Waals surface area contributed by atoms with Crippen LogP contribution in [-0.4, -0.2) is 42.7 Å². The average molecular weight is 358 g/mol. The lowest BCUT2D eigenvalue weighted by Gasteiger charge is -2.09. The molecule has 1 aromatic carbocycles. The molecule has 0 fully saturated rings. The van der Waals surface area contributed by atoms with E-state index in [9.17, 15) is 4.79 Å². The SMILES string of the molecule is COc1ccc(OCCNc2ncc(C(=O)NCCC(C)C)cn2)cc1. The van der Waals surface area contributed by atoms with E-state index in [0.717, 1.165) is 17.9 Å². The molecule has 0 aliphatic heterocycles. The zero-order valence-electron chi connectivity index (χ0n) is 15.5. The zero-order chi connectivity index (χ0) is 18.8. The first-order valence-corrected chi connectivity index (χ1v) is 8.69. The summed E-state index contributed by atoms with van der Waals surface area (Å²) in [5.41, 5.74) is 0.453. The number of carbonyl (C=O) groups excluding carboxylic acids is 1. The minimum Gasteiger partial charge on any atom is -0.497 e. The fraction of sp³-hybridized carbons (Fsp3) is 0.421. The molecule has 1 heterocycles. The minimum atomic E-state index is -0.153. The molecule has 0 bridgehead atoms. The van der Waals surface area contributed by atoms with Crippen molar-refractivity contribution in [2.75, 3.05) is 32.1 Å². The van der Waals surface area contributed by atoms with E-state index in [4.69, 9.17) is 9.47 Å². The number of ether oxygens (including phenoxy) is 2. The Balaban J connectivity index is 1.70. The molecule has 2 aromatic rings. The number of nitrogens with one attached hydrogen (secondary N) is 2. The normalized spacial score (nSPS) is 10.5. The quantitative estimate of drug-likeness (QED) is 0.635. The summed E-state index contributed by atoms with van der Waals surface area (Å²) in [6, 6.07) is 7.39. The van der Waals surface area contributed by atoms with Crippen molar-refractivity contribution in [3.63, 3.8) is 0 Å².